The maximum atomic E-state index is 14.4. The number of ether oxygens (including phenoxy) is 3. The highest BCUT2D eigenvalue weighted by atomic mass is 35.5. The second-order valence-electron chi connectivity index (χ2n) is 12.4. The number of fused-ring (bicyclic) bond motifs is 1. The zero-order valence-corrected chi connectivity index (χ0v) is 30.0. The van der Waals surface area contributed by atoms with Crippen molar-refractivity contribution in [1.82, 2.24) is 5.32 Å². The third-order valence-electron chi connectivity index (χ3n) is 6.64. The molecule has 2 aromatic carbocycles. The van der Waals surface area contributed by atoms with Gasteiger partial charge in [-0.25, -0.2) is 13.2 Å². The summed E-state index contributed by atoms with van der Waals surface area (Å²) in [4.78, 5) is 39.2. The number of halogens is 2. The van der Waals surface area contributed by atoms with Crippen LogP contribution in [-0.2, 0) is 49.3 Å². The van der Waals surface area contributed by atoms with Gasteiger partial charge in [-0.2, -0.15) is 0 Å². The number of carbonyl (C=O) groups excluding carboxylic acids is 3. The number of nitrogens with one attached hydrogen (secondary N) is 1. The van der Waals surface area contributed by atoms with Crippen molar-refractivity contribution in [3.05, 3.63) is 52.0 Å². The van der Waals surface area contributed by atoms with Gasteiger partial charge in [0.2, 0.25) is 0 Å². The van der Waals surface area contributed by atoms with Crippen LogP contribution in [0.3, 0.4) is 0 Å². The van der Waals surface area contributed by atoms with Crippen LogP contribution >= 0.6 is 31.9 Å². The molecule has 1 aliphatic heterocycles. The van der Waals surface area contributed by atoms with E-state index in [0.29, 0.717) is 24.2 Å². The largest absolute Gasteiger partial charge is 0.438 e. The van der Waals surface area contributed by atoms with Gasteiger partial charge >= 0.3 is 23.9 Å². The molecule has 2 atom stereocenters. The van der Waals surface area contributed by atoms with Gasteiger partial charge in [0.1, 0.15) is 6.54 Å². The molecule has 2 unspecified atom stereocenters. The van der Waals surface area contributed by atoms with Crippen molar-refractivity contribution < 1.29 is 46.1 Å². The number of carbonyl (C=O) groups is 3. The summed E-state index contributed by atoms with van der Waals surface area (Å²) in [5, 5.41) is 2.62. The molecule has 17 heteroatoms. The summed E-state index contributed by atoms with van der Waals surface area (Å²) in [5.74, 6) is -4.25. The Kier molecular flexibility index (Phi) is 11.8. The third kappa shape index (κ3) is 8.93. The summed E-state index contributed by atoms with van der Waals surface area (Å²) in [6, 6.07) is 7.89. The van der Waals surface area contributed by atoms with E-state index in [2.05, 4.69) is 5.32 Å². The van der Waals surface area contributed by atoms with Gasteiger partial charge in [-0.05, 0) is 89.9 Å². The van der Waals surface area contributed by atoms with Crippen molar-refractivity contribution in [2.24, 2.45) is 10.8 Å². The first-order valence-electron chi connectivity index (χ1n) is 14.0. The zero-order valence-electron chi connectivity index (χ0n) is 26.5. The molecule has 3 rings (SSSR count). The van der Waals surface area contributed by atoms with E-state index >= 15 is 0 Å². The lowest BCUT2D eigenvalue weighted by molar-refractivity contribution is -0.338. The van der Waals surface area contributed by atoms with Gasteiger partial charge in [0.05, 0.1) is 21.4 Å². The number of benzene rings is 2. The smallest absolute Gasteiger partial charge is 0.356 e. The van der Waals surface area contributed by atoms with Gasteiger partial charge < -0.3 is 14.8 Å². The molecule has 46 heavy (non-hydrogen) atoms. The number of rotatable bonds is 11. The number of hydrogen-bond acceptors (Lipinski definition) is 10. The lowest BCUT2D eigenvalue weighted by atomic mass is 9.97. The van der Waals surface area contributed by atoms with Crippen LogP contribution in [0.15, 0.2) is 41.3 Å². The number of esters is 2. The van der Waals surface area contributed by atoms with Gasteiger partial charge in [-0.3, -0.25) is 32.6 Å². The first-order valence-corrected chi connectivity index (χ1v) is 17.1. The molecular weight excluding hydrogens is 684 g/mol. The van der Waals surface area contributed by atoms with Crippen molar-refractivity contribution in [1.29, 1.82) is 0 Å². The minimum atomic E-state index is -4.62. The van der Waals surface area contributed by atoms with E-state index in [4.69, 9.17) is 41.9 Å². The predicted octanol–water partition coefficient (Wildman–Crippen LogP) is 5.39. The first-order chi connectivity index (χ1) is 21.2. The second-order valence-corrected chi connectivity index (χ2v) is 15.5. The molecule has 0 spiro atoms. The van der Waals surface area contributed by atoms with Gasteiger partial charge in [0, 0.05) is 29.3 Å². The summed E-state index contributed by atoms with van der Waals surface area (Å²) in [7, 11) is -5.30. The number of hydrogen-bond donors (Lipinski definition) is 1. The SMILES string of the molecule is CNC(=O)N1CCc2cc(N(CC(OCOC(=O)C(C)(C)C)(O[PH2]=O)OC(=O)C(C)(C)C)S(=O)(=O)c3cc(Cl)cc(Cl)c3)ccc21. The average Bonchev–Trinajstić information content (AvgIpc) is 3.37. The van der Waals surface area contributed by atoms with Crippen LogP contribution in [0.1, 0.15) is 47.1 Å². The van der Waals surface area contributed by atoms with Crippen LogP contribution < -0.4 is 14.5 Å². The number of anilines is 2. The summed E-state index contributed by atoms with van der Waals surface area (Å²) >= 11 is 12.3. The van der Waals surface area contributed by atoms with Crippen molar-refractivity contribution in [2.75, 3.05) is 36.1 Å². The Morgan fingerprint density at radius 2 is 1.59 bits per heavy atom. The molecule has 0 radical (unpaired) electrons. The number of nitrogens with zero attached hydrogens (tertiary/aromatic N) is 2. The molecule has 254 valence electrons. The highest BCUT2D eigenvalue weighted by Gasteiger charge is 2.46. The summed E-state index contributed by atoms with van der Waals surface area (Å²) in [5.41, 5.74) is -0.850. The molecule has 1 aliphatic rings. The Labute approximate surface area is 279 Å². The van der Waals surface area contributed by atoms with E-state index < -0.39 is 60.8 Å². The van der Waals surface area contributed by atoms with Crippen LogP contribution in [-0.4, -0.2) is 59.3 Å². The van der Waals surface area contributed by atoms with Crippen molar-refractivity contribution >= 4 is 71.3 Å². The van der Waals surface area contributed by atoms with Crippen molar-refractivity contribution in [2.45, 2.75) is 58.8 Å². The Bertz CT molecular complexity index is 1590. The normalized spacial score (nSPS) is 14.9. The summed E-state index contributed by atoms with van der Waals surface area (Å²) < 4.78 is 63.5. The lowest BCUT2D eigenvalue weighted by Gasteiger charge is -2.37. The Morgan fingerprint density at radius 3 is 2.13 bits per heavy atom. The highest BCUT2D eigenvalue weighted by Crippen LogP contribution is 2.37. The molecule has 1 N–H and O–H groups in total. The molecule has 0 bridgehead atoms. The van der Waals surface area contributed by atoms with Crippen LogP contribution in [0.4, 0.5) is 16.2 Å². The minimum absolute atomic E-state index is 0.0252. The quantitative estimate of drug-likeness (QED) is 0.181. The Balaban J connectivity index is 2.21. The maximum absolute atomic E-state index is 14.4. The molecule has 1 heterocycles. The molecule has 0 fully saturated rings. The summed E-state index contributed by atoms with van der Waals surface area (Å²) in [6.07, 6.45) is 0.401. The minimum Gasteiger partial charge on any atom is -0.438 e. The standard InChI is InChI=1S/C29H38Cl2N3O10PS/c1-27(2,3)24(35)41-17-42-29(44-45-38,43-25(36)28(4,5)6)16-34(46(39,40)22-14-19(30)13-20(31)15-22)21-8-9-23-18(12-21)10-11-33(23)26(37)32-7/h8-9,12-15H,10-11,16-17,45H2,1-7H3,(H,32,37). The molecule has 0 aliphatic carbocycles. The molecular formula is C29H38Cl2N3O10PS. The number of urea groups is 1. The van der Waals surface area contributed by atoms with Gasteiger partial charge in [0.15, 0.2) is 15.5 Å². The topological polar surface area (TPSA) is 158 Å². The van der Waals surface area contributed by atoms with Crippen molar-refractivity contribution in [3.63, 3.8) is 0 Å². The first kappa shape index (κ1) is 37.6. The Morgan fingerprint density at radius 1 is 0.978 bits per heavy atom. The van der Waals surface area contributed by atoms with Crippen molar-refractivity contribution in [3.8, 4) is 0 Å². The fraction of sp³-hybridized carbons (Fsp3) is 0.483. The molecule has 0 aromatic heterocycles. The predicted molar refractivity (Wildman–Crippen MR) is 174 cm³/mol. The van der Waals surface area contributed by atoms with E-state index in [1.54, 1.807) is 32.9 Å². The van der Waals surface area contributed by atoms with Crippen LogP contribution in [0.5, 0.6) is 0 Å². The molecule has 0 saturated carbocycles. The van der Waals surface area contributed by atoms with E-state index in [9.17, 15) is 27.4 Å². The number of sulfonamides is 1. The molecule has 2 aromatic rings. The second kappa shape index (κ2) is 14.5. The fourth-order valence-corrected chi connectivity index (χ4v) is 6.66. The lowest BCUT2D eigenvalue weighted by Crippen LogP contribution is -2.52. The van der Waals surface area contributed by atoms with Crippen LogP contribution in [0, 0.1) is 10.8 Å². The highest BCUT2D eigenvalue weighted by molar-refractivity contribution is 7.92. The third-order valence-corrected chi connectivity index (χ3v) is 9.28. The van der Waals surface area contributed by atoms with E-state index in [1.165, 1.54) is 57.0 Å². The van der Waals surface area contributed by atoms with Crippen LogP contribution in [0.25, 0.3) is 0 Å². The van der Waals surface area contributed by atoms with E-state index in [1.807, 2.05) is 0 Å². The molecule has 0 saturated heterocycles. The van der Waals surface area contributed by atoms with E-state index in [-0.39, 0.29) is 26.7 Å². The Hall–Kier alpha value is -2.87. The van der Waals surface area contributed by atoms with Gasteiger partial charge in [0.25, 0.3) is 10.0 Å². The molecule has 13 nitrogen and oxygen atoms in total. The molecule has 2 amide bonds. The van der Waals surface area contributed by atoms with Gasteiger partial charge in [-0.1, -0.05) is 23.2 Å². The zero-order chi connectivity index (χ0) is 34.7. The fourth-order valence-electron chi connectivity index (χ4n) is 4.14. The average molecular weight is 723 g/mol. The maximum Gasteiger partial charge on any atom is 0.356 e. The van der Waals surface area contributed by atoms with Gasteiger partial charge in [-0.15, -0.1) is 0 Å². The van der Waals surface area contributed by atoms with Crippen LogP contribution in [0.2, 0.25) is 10.0 Å². The van der Waals surface area contributed by atoms with E-state index in [0.717, 1.165) is 4.31 Å². The monoisotopic (exact) mass is 721 g/mol. The number of amides is 2. The summed E-state index contributed by atoms with van der Waals surface area (Å²) in [6.45, 7) is 7.98.